The lowest BCUT2D eigenvalue weighted by molar-refractivity contribution is -0.384. The number of carbonyl (C=O) groups is 1. The molecular weight excluding hydrogens is 276 g/mol. The van der Waals surface area contributed by atoms with Crippen molar-refractivity contribution in [2.24, 2.45) is 5.92 Å². The molecule has 7 nitrogen and oxygen atoms in total. The Hall–Kier alpha value is -2.15. The van der Waals surface area contributed by atoms with Crippen molar-refractivity contribution >= 4 is 17.3 Å². The molecule has 1 saturated heterocycles. The fourth-order valence-corrected chi connectivity index (χ4v) is 2.80. The Balaban J connectivity index is 1.86. The van der Waals surface area contributed by atoms with Crippen molar-refractivity contribution in [1.82, 2.24) is 0 Å². The molecule has 0 aromatic heterocycles. The van der Waals surface area contributed by atoms with Gasteiger partial charge in [0.05, 0.1) is 22.6 Å². The van der Waals surface area contributed by atoms with Gasteiger partial charge in [0, 0.05) is 12.7 Å². The summed E-state index contributed by atoms with van der Waals surface area (Å²) in [6.45, 7) is 0.630. The summed E-state index contributed by atoms with van der Waals surface area (Å²) in [5.41, 5.74) is 0.174. The van der Waals surface area contributed by atoms with Crippen LogP contribution in [0.2, 0.25) is 0 Å². The number of rotatable bonds is 5. The minimum atomic E-state index is -1.10. The minimum Gasteiger partial charge on any atom is -0.478 e. The van der Waals surface area contributed by atoms with Crippen LogP contribution < -0.4 is 5.32 Å². The molecule has 0 radical (unpaired) electrons. The number of hydrogen-bond donors (Lipinski definition) is 2. The highest BCUT2D eigenvalue weighted by Crippen LogP contribution is 2.40. The number of nitrogens with zero attached hydrogens (tertiary/aromatic N) is 1. The number of anilines is 1. The third-order valence-electron chi connectivity index (χ3n) is 4.00. The molecule has 0 spiro atoms. The molecule has 1 aromatic rings. The largest absolute Gasteiger partial charge is 0.478 e. The smallest absolute Gasteiger partial charge is 0.335 e. The third-order valence-corrected chi connectivity index (χ3v) is 4.00. The van der Waals surface area contributed by atoms with Crippen molar-refractivity contribution in [2.45, 2.75) is 31.4 Å². The van der Waals surface area contributed by atoms with Crippen LogP contribution in [0.25, 0.3) is 0 Å². The first-order valence-corrected chi connectivity index (χ1v) is 6.96. The van der Waals surface area contributed by atoms with E-state index >= 15 is 0 Å². The van der Waals surface area contributed by atoms with Gasteiger partial charge in [-0.15, -0.1) is 0 Å². The summed E-state index contributed by atoms with van der Waals surface area (Å²) < 4.78 is 5.69. The van der Waals surface area contributed by atoms with Crippen LogP contribution in [0.3, 0.4) is 0 Å². The second-order valence-corrected chi connectivity index (χ2v) is 5.51. The van der Waals surface area contributed by atoms with E-state index in [1.165, 1.54) is 18.2 Å². The Labute approximate surface area is 121 Å². The lowest BCUT2D eigenvalue weighted by Crippen LogP contribution is -2.31. The summed E-state index contributed by atoms with van der Waals surface area (Å²) in [5.74, 6) is -0.582. The average molecular weight is 292 g/mol. The van der Waals surface area contributed by atoms with Crippen LogP contribution in [0.5, 0.6) is 0 Å². The standard InChI is InChI=1S/C14H16N2O5/c17-14(18)9-3-4-12(16(19)20)11(7-9)15-10-5-6-21-13(10)8-1-2-8/h3-4,7-8,10,13,15H,1-2,5-6H2,(H,17,18). The van der Waals surface area contributed by atoms with Gasteiger partial charge in [0.25, 0.3) is 5.69 Å². The number of nitrogens with one attached hydrogen (secondary N) is 1. The van der Waals surface area contributed by atoms with E-state index in [0.29, 0.717) is 12.5 Å². The molecule has 21 heavy (non-hydrogen) atoms. The zero-order valence-corrected chi connectivity index (χ0v) is 11.3. The quantitative estimate of drug-likeness (QED) is 0.637. The van der Waals surface area contributed by atoms with Crippen molar-refractivity contribution in [3.8, 4) is 0 Å². The van der Waals surface area contributed by atoms with Crippen molar-refractivity contribution in [1.29, 1.82) is 0 Å². The molecular formula is C14H16N2O5. The second-order valence-electron chi connectivity index (χ2n) is 5.51. The molecule has 3 rings (SSSR count). The normalized spacial score (nSPS) is 24.8. The third kappa shape index (κ3) is 2.82. The summed E-state index contributed by atoms with van der Waals surface area (Å²) in [6.07, 6.45) is 3.09. The van der Waals surface area contributed by atoms with Crippen LogP contribution in [-0.2, 0) is 4.74 Å². The average Bonchev–Trinajstić information content (AvgIpc) is 3.19. The van der Waals surface area contributed by atoms with Crippen molar-refractivity contribution in [3.05, 3.63) is 33.9 Å². The number of hydrogen-bond acceptors (Lipinski definition) is 5. The topological polar surface area (TPSA) is 102 Å². The van der Waals surface area contributed by atoms with Gasteiger partial charge in [-0.25, -0.2) is 4.79 Å². The number of carboxylic acid groups (broad SMARTS) is 1. The molecule has 0 bridgehead atoms. The highest BCUT2D eigenvalue weighted by Gasteiger charge is 2.41. The Morgan fingerprint density at radius 2 is 2.14 bits per heavy atom. The van der Waals surface area contributed by atoms with Crippen LogP contribution in [0.15, 0.2) is 18.2 Å². The van der Waals surface area contributed by atoms with Crippen molar-refractivity contribution < 1.29 is 19.6 Å². The van der Waals surface area contributed by atoms with Gasteiger partial charge in [0.2, 0.25) is 0 Å². The van der Waals surface area contributed by atoms with E-state index in [4.69, 9.17) is 9.84 Å². The lowest BCUT2D eigenvalue weighted by atomic mass is 10.0. The number of benzene rings is 1. The summed E-state index contributed by atoms with van der Waals surface area (Å²) >= 11 is 0. The predicted molar refractivity (Wildman–Crippen MR) is 74.5 cm³/mol. The van der Waals surface area contributed by atoms with Crippen LogP contribution in [0, 0.1) is 16.0 Å². The maximum Gasteiger partial charge on any atom is 0.335 e. The first-order chi connectivity index (χ1) is 10.1. The predicted octanol–water partition coefficient (Wildman–Crippen LogP) is 2.27. The lowest BCUT2D eigenvalue weighted by Gasteiger charge is -2.20. The van der Waals surface area contributed by atoms with Gasteiger partial charge in [-0.1, -0.05) is 0 Å². The van der Waals surface area contributed by atoms with Gasteiger partial charge in [0.1, 0.15) is 5.69 Å². The van der Waals surface area contributed by atoms with Crippen LogP contribution in [0.1, 0.15) is 29.6 Å². The highest BCUT2D eigenvalue weighted by molar-refractivity contribution is 5.90. The van der Waals surface area contributed by atoms with Crippen molar-refractivity contribution in [2.75, 3.05) is 11.9 Å². The van der Waals surface area contributed by atoms with Crippen molar-refractivity contribution in [3.63, 3.8) is 0 Å². The molecule has 1 aromatic carbocycles. The molecule has 112 valence electrons. The summed E-state index contributed by atoms with van der Waals surface area (Å²) in [5, 5.41) is 23.2. The number of carboxylic acids is 1. The maximum atomic E-state index is 11.1. The Morgan fingerprint density at radius 3 is 2.76 bits per heavy atom. The van der Waals surface area contributed by atoms with E-state index in [-0.39, 0.29) is 29.1 Å². The Morgan fingerprint density at radius 1 is 1.38 bits per heavy atom. The minimum absolute atomic E-state index is 0.000227. The molecule has 1 heterocycles. The Bertz CT molecular complexity index is 585. The molecule has 0 amide bonds. The van der Waals surface area contributed by atoms with Gasteiger partial charge < -0.3 is 15.2 Å². The summed E-state index contributed by atoms with van der Waals surface area (Å²) in [7, 11) is 0. The molecule has 2 aliphatic rings. The van der Waals surface area contributed by atoms with Gasteiger partial charge in [-0.3, -0.25) is 10.1 Å². The monoisotopic (exact) mass is 292 g/mol. The van der Waals surface area contributed by atoms with Crippen LogP contribution in [0.4, 0.5) is 11.4 Å². The second kappa shape index (κ2) is 5.33. The van der Waals surface area contributed by atoms with E-state index in [0.717, 1.165) is 19.3 Å². The van der Waals surface area contributed by atoms with E-state index < -0.39 is 10.9 Å². The number of aromatic carboxylic acids is 1. The molecule has 1 aliphatic heterocycles. The summed E-state index contributed by atoms with van der Waals surface area (Å²) in [6, 6.07) is 3.80. The number of nitro groups is 1. The first kappa shape index (κ1) is 13.8. The van der Waals surface area contributed by atoms with E-state index in [1.807, 2.05) is 0 Å². The maximum absolute atomic E-state index is 11.1. The molecule has 1 saturated carbocycles. The van der Waals surface area contributed by atoms with Gasteiger partial charge in [-0.2, -0.15) is 0 Å². The zero-order chi connectivity index (χ0) is 15.0. The Kier molecular flexibility index (Phi) is 3.50. The van der Waals surface area contributed by atoms with Gasteiger partial charge in [0.15, 0.2) is 0 Å². The highest BCUT2D eigenvalue weighted by atomic mass is 16.6. The van der Waals surface area contributed by atoms with Gasteiger partial charge >= 0.3 is 5.97 Å². The van der Waals surface area contributed by atoms with E-state index in [1.54, 1.807) is 0 Å². The molecule has 1 aliphatic carbocycles. The molecule has 2 atom stereocenters. The van der Waals surface area contributed by atoms with Crippen LogP contribution >= 0.6 is 0 Å². The first-order valence-electron chi connectivity index (χ1n) is 6.96. The SMILES string of the molecule is O=C(O)c1ccc([N+](=O)[O-])c(NC2CCOC2C2CC2)c1. The van der Waals surface area contributed by atoms with Crippen LogP contribution in [-0.4, -0.2) is 34.8 Å². The van der Waals surface area contributed by atoms with E-state index in [9.17, 15) is 14.9 Å². The molecule has 2 unspecified atom stereocenters. The zero-order valence-electron chi connectivity index (χ0n) is 11.3. The molecule has 7 heteroatoms. The van der Waals surface area contributed by atoms with Gasteiger partial charge in [-0.05, 0) is 37.3 Å². The molecule has 2 N–H and O–H groups in total. The van der Waals surface area contributed by atoms with E-state index in [2.05, 4.69) is 5.32 Å². The number of ether oxygens (including phenoxy) is 1. The fraction of sp³-hybridized carbons (Fsp3) is 0.500. The summed E-state index contributed by atoms with van der Waals surface area (Å²) in [4.78, 5) is 21.6. The number of nitro benzene ring substituents is 1. The fourth-order valence-electron chi connectivity index (χ4n) is 2.80. The molecule has 2 fully saturated rings.